The fourth-order valence-electron chi connectivity index (χ4n) is 4.15. The van der Waals surface area contributed by atoms with Crippen molar-refractivity contribution >= 4 is 11.3 Å². The van der Waals surface area contributed by atoms with E-state index in [1.165, 1.54) is 0 Å². The SMILES string of the molecule is COc1ccc(-c2cc(N3CC[C@](O)(c4ccccc4)[C@@H](O)C3)c3nncn3n2)cc1. The van der Waals surface area contributed by atoms with Crippen molar-refractivity contribution in [3.8, 4) is 17.0 Å². The number of aliphatic hydroxyl groups is 2. The highest BCUT2D eigenvalue weighted by atomic mass is 16.5. The van der Waals surface area contributed by atoms with E-state index in [9.17, 15) is 10.2 Å². The van der Waals surface area contributed by atoms with Gasteiger partial charge >= 0.3 is 0 Å². The molecular weight excluding hydrogens is 394 g/mol. The second kappa shape index (κ2) is 7.64. The summed E-state index contributed by atoms with van der Waals surface area (Å²) in [6, 6.07) is 19.0. The van der Waals surface area contributed by atoms with Crippen LogP contribution in [0.1, 0.15) is 12.0 Å². The number of hydrogen-bond donors (Lipinski definition) is 2. The molecule has 0 aliphatic carbocycles. The number of fused-ring (bicyclic) bond motifs is 1. The quantitative estimate of drug-likeness (QED) is 0.526. The van der Waals surface area contributed by atoms with Crippen LogP contribution < -0.4 is 9.64 Å². The summed E-state index contributed by atoms with van der Waals surface area (Å²) in [5.41, 5.74) is 2.54. The Bertz CT molecular complexity index is 1200. The molecule has 1 aliphatic heterocycles. The number of piperidine rings is 1. The van der Waals surface area contributed by atoms with Crippen molar-refractivity contribution in [2.24, 2.45) is 0 Å². The number of aliphatic hydroxyl groups excluding tert-OH is 1. The van der Waals surface area contributed by atoms with E-state index in [1.54, 1.807) is 18.0 Å². The van der Waals surface area contributed by atoms with E-state index < -0.39 is 11.7 Å². The molecule has 0 amide bonds. The molecule has 5 rings (SSSR count). The van der Waals surface area contributed by atoms with Crippen molar-refractivity contribution in [3.63, 3.8) is 0 Å². The number of nitrogens with zero attached hydrogens (tertiary/aromatic N) is 5. The first-order chi connectivity index (χ1) is 15.1. The molecule has 0 radical (unpaired) electrons. The number of anilines is 1. The molecule has 2 aromatic carbocycles. The lowest BCUT2D eigenvalue weighted by atomic mass is 9.82. The molecule has 0 bridgehead atoms. The topological polar surface area (TPSA) is 96.0 Å². The van der Waals surface area contributed by atoms with Gasteiger partial charge in [0.15, 0.2) is 0 Å². The number of methoxy groups -OCH3 is 1. The Morgan fingerprint density at radius 1 is 1.10 bits per heavy atom. The lowest BCUT2D eigenvalue weighted by Crippen LogP contribution is -2.53. The van der Waals surface area contributed by atoms with Gasteiger partial charge in [0.05, 0.1) is 18.5 Å². The Balaban J connectivity index is 1.49. The molecule has 8 heteroatoms. The molecule has 3 heterocycles. The average molecular weight is 417 g/mol. The number of aromatic nitrogens is 4. The zero-order chi connectivity index (χ0) is 21.4. The molecule has 2 atom stereocenters. The fourth-order valence-corrected chi connectivity index (χ4v) is 4.15. The maximum atomic E-state index is 11.2. The van der Waals surface area contributed by atoms with Gasteiger partial charge in [-0.05, 0) is 35.9 Å². The number of β-amino-alcohol motifs (C(OH)–C–C–N with tert-alkyl or cyclic N) is 1. The van der Waals surface area contributed by atoms with E-state index in [0.717, 1.165) is 28.3 Å². The summed E-state index contributed by atoms with van der Waals surface area (Å²) >= 11 is 0. The van der Waals surface area contributed by atoms with Gasteiger partial charge in [-0.1, -0.05) is 30.3 Å². The van der Waals surface area contributed by atoms with Crippen LogP contribution in [0.3, 0.4) is 0 Å². The van der Waals surface area contributed by atoms with Crippen LogP contribution in [0.4, 0.5) is 5.69 Å². The highest BCUT2D eigenvalue weighted by Gasteiger charge is 2.42. The van der Waals surface area contributed by atoms with Gasteiger partial charge in [-0.25, -0.2) is 0 Å². The van der Waals surface area contributed by atoms with Crippen molar-refractivity contribution in [2.45, 2.75) is 18.1 Å². The molecule has 31 heavy (non-hydrogen) atoms. The Hall–Kier alpha value is -3.49. The number of hydrogen-bond acceptors (Lipinski definition) is 7. The lowest BCUT2D eigenvalue weighted by Gasteiger charge is -2.43. The van der Waals surface area contributed by atoms with Crippen molar-refractivity contribution in [2.75, 3.05) is 25.1 Å². The van der Waals surface area contributed by atoms with Gasteiger partial charge in [-0.15, -0.1) is 10.2 Å². The van der Waals surface area contributed by atoms with E-state index in [2.05, 4.69) is 15.3 Å². The highest BCUT2D eigenvalue weighted by molar-refractivity contribution is 5.74. The maximum Gasteiger partial charge on any atom is 0.200 e. The standard InChI is InChI=1S/C23H23N5O3/c1-31-18-9-7-16(8-10-18)19-13-20(22-25-24-15-28(22)26-19)27-12-11-23(30,21(29)14-27)17-5-3-2-4-6-17/h2-10,13,15,21,29-30H,11-12,14H2,1H3/t21-,23-/m0/s1. The van der Waals surface area contributed by atoms with E-state index in [1.807, 2.05) is 65.6 Å². The zero-order valence-corrected chi connectivity index (χ0v) is 17.1. The number of benzene rings is 2. The Kier molecular flexibility index (Phi) is 4.80. The lowest BCUT2D eigenvalue weighted by molar-refractivity contribution is -0.0917. The summed E-state index contributed by atoms with van der Waals surface area (Å²) < 4.78 is 6.88. The molecule has 158 valence electrons. The van der Waals surface area contributed by atoms with Gasteiger partial charge in [0.2, 0.25) is 5.65 Å². The van der Waals surface area contributed by atoms with Gasteiger partial charge < -0.3 is 19.8 Å². The molecule has 1 fully saturated rings. The third kappa shape index (κ3) is 3.39. The van der Waals surface area contributed by atoms with E-state index in [4.69, 9.17) is 4.74 Å². The minimum Gasteiger partial charge on any atom is -0.497 e. The van der Waals surface area contributed by atoms with Crippen molar-refractivity contribution in [3.05, 3.63) is 72.6 Å². The molecule has 1 aliphatic rings. The molecule has 2 N–H and O–H groups in total. The largest absolute Gasteiger partial charge is 0.497 e. The highest BCUT2D eigenvalue weighted by Crippen LogP contribution is 2.36. The van der Waals surface area contributed by atoms with Crippen LogP contribution in [0.5, 0.6) is 5.75 Å². The second-order valence-electron chi connectivity index (χ2n) is 7.74. The van der Waals surface area contributed by atoms with E-state index >= 15 is 0 Å². The smallest absolute Gasteiger partial charge is 0.200 e. The van der Waals surface area contributed by atoms with Crippen LogP contribution in [0, 0.1) is 0 Å². The normalized spacial score (nSPS) is 21.4. The molecular formula is C23H23N5O3. The summed E-state index contributed by atoms with van der Waals surface area (Å²) in [7, 11) is 1.63. The molecule has 8 nitrogen and oxygen atoms in total. The van der Waals surface area contributed by atoms with E-state index in [0.29, 0.717) is 18.6 Å². The van der Waals surface area contributed by atoms with Crippen molar-refractivity contribution in [1.82, 2.24) is 19.8 Å². The predicted octanol–water partition coefficient (Wildman–Crippen LogP) is 2.26. The Morgan fingerprint density at radius 2 is 1.87 bits per heavy atom. The van der Waals surface area contributed by atoms with Crippen LogP contribution in [-0.4, -0.2) is 56.3 Å². The first kappa shape index (κ1) is 19.5. The van der Waals surface area contributed by atoms with Crippen LogP contribution in [-0.2, 0) is 5.60 Å². The van der Waals surface area contributed by atoms with Crippen LogP contribution in [0.15, 0.2) is 67.0 Å². The monoisotopic (exact) mass is 417 g/mol. The first-order valence-electron chi connectivity index (χ1n) is 10.1. The third-order valence-electron chi connectivity index (χ3n) is 5.96. The van der Waals surface area contributed by atoms with E-state index in [-0.39, 0.29) is 6.54 Å². The molecule has 0 spiro atoms. The minimum absolute atomic E-state index is 0.264. The summed E-state index contributed by atoms with van der Waals surface area (Å²) in [5, 5.41) is 35.0. The average Bonchev–Trinajstić information content (AvgIpc) is 3.30. The summed E-state index contributed by atoms with van der Waals surface area (Å²) in [5.74, 6) is 0.772. The molecule has 1 saturated heterocycles. The summed E-state index contributed by atoms with van der Waals surface area (Å²) in [4.78, 5) is 2.03. The summed E-state index contributed by atoms with van der Waals surface area (Å²) in [6.45, 7) is 0.816. The number of rotatable bonds is 4. The van der Waals surface area contributed by atoms with Crippen molar-refractivity contribution < 1.29 is 14.9 Å². The molecule has 0 unspecified atom stereocenters. The van der Waals surface area contributed by atoms with Gasteiger partial charge in [-0.2, -0.15) is 9.61 Å². The van der Waals surface area contributed by atoms with Gasteiger partial charge in [-0.3, -0.25) is 0 Å². The van der Waals surface area contributed by atoms with Crippen LogP contribution in [0.25, 0.3) is 16.9 Å². The minimum atomic E-state index is -1.28. The zero-order valence-electron chi connectivity index (χ0n) is 17.1. The molecule has 4 aromatic rings. The molecule has 0 saturated carbocycles. The van der Waals surface area contributed by atoms with Crippen LogP contribution >= 0.6 is 0 Å². The van der Waals surface area contributed by atoms with Crippen molar-refractivity contribution in [1.29, 1.82) is 0 Å². The van der Waals surface area contributed by atoms with Gasteiger partial charge in [0.25, 0.3) is 0 Å². The first-order valence-corrected chi connectivity index (χ1v) is 10.1. The Morgan fingerprint density at radius 3 is 2.58 bits per heavy atom. The second-order valence-corrected chi connectivity index (χ2v) is 7.74. The summed E-state index contributed by atoms with van der Waals surface area (Å²) in [6.07, 6.45) is 0.995. The fraction of sp³-hybridized carbons (Fsp3) is 0.261. The Labute approximate surface area is 179 Å². The maximum absolute atomic E-state index is 11.2. The van der Waals surface area contributed by atoms with Gasteiger partial charge in [0, 0.05) is 25.1 Å². The third-order valence-corrected chi connectivity index (χ3v) is 5.96. The van der Waals surface area contributed by atoms with Crippen LogP contribution in [0.2, 0.25) is 0 Å². The predicted molar refractivity (Wildman–Crippen MR) is 116 cm³/mol. The number of ether oxygens (including phenoxy) is 1. The van der Waals surface area contributed by atoms with Gasteiger partial charge in [0.1, 0.15) is 23.8 Å². The molecule has 2 aromatic heterocycles.